The minimum absolute atomic E-state index is 0.0673. The Labute approximate surface area is 226 Å². The van der Waals surface area contributed by atoms with Crippen LogP contribution in [0.5, 0.6) is 5.75 Å². The SMILES string of the molecule is O=C(O)COc1c(I)cc(/C=C2\SC(=NC3CCCCC3)N(C3CCCCC3)C2=O)cc1I. The fourth-order valence-electron chi connectivity index (χ4n) is 4.69. The third-order valence-corrected chi connectivity index (χ3v) is 8.90. The van der Waals surface area contributed by atoms with Crippen molar-refractivity contribution in [1.82, 2.24) is 4.90 Å². The lowest BCUT2D eigenvalue weighted by atomic mass is 9.94. The smallest absolute Gasteiger partial charge is 0.341 e. The van der Waals surface area contributed by atoms with Gasteiger partial charge in [0.15, 0.2) is 11.8 Å². The first-order valence-corrected chi connectivity index (χ1v) is 14.5. The highest BCUT2D eigenvalue weighted by Gasteiger charge is 2.39. The van der Waals surface area contributed by atoms with Crippen molar-refractivity contribution in [2.75, 3.05) is 6.61 Å². The molecule has 0 atom stereocenters. The maximum absolute atomic E-state index is 13.5. The van der Waals surface area contributed by atoms with E-state index in [1.165, 1.54) is 50.3 Å². The maximum Gasteiger partial charge on any atom is 0.341 e. The Morgan fingerprint density at radius 3 is 2.30 bits per heavy atom. The molecule has 3 aliphatic rings. The van der Waals surface area contributed by atoms with Crippen molar-refractivity contribution in [3.05, 3.63) is 29.7 Å². The van der Waals surface area contributed by atoms with Crippen LogP contribution in [0.1, 0.15) is 69.8 Å². The van der Waals surface area contributed by atoms with Gasteiger partial charge in [0.1, 0.15) is 5.75 Å². The molecule has 0 spiro atoms. The summed E-state index contributed by atoms with van der Waals surface area (Å²) >= 11 is 5.82. The number of amides is 1. The quantitative estimate of drug-likeness (QED) is 0.280. The summed E-state index contributed by atoms with van der Waals surface area (Å²) in [5.41, 5.74) is 0.907. The molecule has 0 bridgehead atoms. The van der Waals surface area contributed by atoms with Gasteiger partial charge in [-0.3, -0.25) is 14.7 Å². The van der Waals surface area contributed by atoms with E-state index in [2.05, 4.69) is 45.2 Å². The topological polar surface area (TPSA) is 79.2 Å². The second-order valence-electron chi connectivity index (χ2n) is 8.78. The highest BCUT2D eigenvalue weighted by atomic mass is 127. The number of amidine groups is 1. The average molecular weight is 694 g/mol. The lowest BCUT2D eigenvalue weighted by Gasteiger charge is -2.31. The van der Waals surface area contributed by atoms with Gasteiger partial charge >= 0.3 is 5.97 Å². The summed E-state index contributed by atoms with van der Waals surface area (Å²) in [5, 5.41) is 9.79. The molecular weight excluding hydrogens is 666 g/mol. The van der Waals surface area contributed by atoms with E-state index in [9.17, 15) is 9.59 Å². The zero-order valence-corrected chi connectivity index (χ0v) is 23.5. The molecule has 1 aromatic rings. The Morgan fingerprint density at radius 2 is 1.70 bits per heavy atom. The van der Waals surface area contributed by atoms with E-state index in [-0.39, 0.29) is 18.6 Å². The summed E-state index contributed by atoms with van der Waals surface area (Å²) in [6.45, 7) is -0.377. The molecule has 4 rings (SSSR count). The van der Waals surface area contributed by atoms with Crippen molar-refractivity contribution in [2.24, 2.45) is 4.99 Å². The molecule has 1 amide bonds. The summed E-state index contributed by atoms with van der Waals surface area (Å²) < 4.78 is 7.08. The number of benzene rings is 1. The molecule has 3 fully saturated rings. The lowest BCUT2D eigenvalue weighted by Crippen LogP contribution is -2.41. The van der Waals surface area contributed by atoms with Crippen LogP contribution < -0.4 is 4.74 Å². The number of hydrogen-bond donors (Lipinski definition) is 1. The second-order valence-corrected chi connectivity index (χ2v) is 12.1. The normalized spacial score (nSPS) is 23.0. The first kappa shape index (κ1) is 25.3. The van der Waals surface area contributed by atoms with Crippen molar-refractivity contribution in [3.8, 4) is 5.75 Å². The number of carboxylic acid groups (broad SMARTS) is 1. The Morgan fingerprint density at radius 1 is 1.09 bits per heavy atom. The van der Waals surface area contributed by atoms with Gasteiger partial charge in [-0.15, -0.1) is 0 Å². The van der Waals surface area contributed by atoms with Crippen LogP contribution in [0.15, 0.2) is 22.0 Å². The van der Waals surface area contributed by atoms with Crippen molar-refractivity contribution < 1.29 is 19.4 Å². The molecule has 1 heterocycles. The number of halogens is 2. The first-order chi connectivity index (χ1) is 15.9. The van der Waals surface area contributed by atoms with Crippen molar-refractivity contribution in [3.63, 3.8) is 0 Å². The molecule has 1 N–H and O–H groups in total. The monoisotopic (exact) mass is 694 g/mol. The molecular formula is C24H28I2N2O4S. The molecule has 2 saturated carbocycles. The summed E-state index contributed by atoms with van der Waals surface area (Å²) in [6, 6.07) is 4.44. The molecule has 1 saturated heterocycles. The van der Waals surface area contributed by atoms with Gasteiger partial charge in [-0.1, -0.05) is 38.5 Å². The summed E-state index contributed by atoms with van der Waals surface area (Å²) in [6.07, 6.45) is 13.6. The Balaban J connectivity index is 1.61. The van der Waals surface area contributed by atoms with Crippen molar-refractivity contribution in [1.29, 1.82) is 0 Å². The van der Waals surface area contributed by atoms with Crippen molar-refractivity contribution >= 4 is 80.1 Å². The molecule has 0 aromatic heterocycles. The van der Waals surface area contributed by atoms with Crippen LogP contribution in [0.25, 0.3) is 6.08 Å². The standard InChI is InChI=1S/C24H28I2N2O4S/c25-18-11-15(12-19(26)22(18)32-14-21(29)30)13-20-23(31)28(17-9-5-2-6-10-17)24(33-20)27-16-7-3-1-4-8-16/h11-13,16-17H,1-10,14H2,(H,29,30)/b20-13-,27-24?. The number of rotatable bonds is 6. The molecule has 9 heteroatoms. The van der Waals surface area contributed by atoms with Gasteiger partial charge in [0.05, 0.1) is 18.1 Å². The number of carboxylic acids is 1. The van der Waals surface area contributed by atoms with E-state index in [1.807, 2.05) is 23.1 Å². The molecule has 0 unspecified atom stereocenters. The van der Waals surface area contributed by atoms with Gasteiger partial charge in [0.2, 0.25) is 0 Å². The van der Waals surface area contributed by atoms with Crippen LogP contribution in [-0.2, 0) is 9.59 Å². The van der Waals surface area contributed by atoms with Gasteiger partial charge in [-0.25, -0.2) is 4.79 Å². The number of thioether (sulfide) groups is 1. The minimum Gasteiger partial charge on any atom is -0.480 e. The Hall–Kier alpha value is -0.820. The van der Waals surface area contributed by atoms with Crippen LogP contribution in [-0.4, -0.2) is 45.7 Å². The molecule has 1 aromatic carbocycles. The molecule has 2 aliphatic carbocycles. The van der Waals surface area contributed by atoms with Crippen LogP contribution in [0.2, 0.25) is 0 Å². The maximum atomic E-state index is 13.5. The number of ether oxygens (including phenoxy) is 1. The van der Waals surface area contributed by atoms with Crippen LogP contribution in [0.3, 0.4) is 0 Å². The number of aliphatic carboxylic acids is 1. The van der Waals surface area contributed by atoms with Gasteiger partial charge in [0.25, 0.3) is 5.91 Å². The molecule has 0 radical (unpaired) electrons. The van der Waals surface area contributed by atoms with E-state index in [1.54, 1.807) is 0 Å². The first-order valence-electron chi connectivity index (χ1n) is 11.6. The van der Waals surface area contributed by atoms with Gasteiger partial charge < -0.3 is 9.84 Å². The summed E-state index contributed by atoms with van der Waals surface area (Å²) in [7, 11) is 0. The van der Waals surface area contributed by atoms with Gasteiger partial charge in [0, 0.05) is 6.04 Å². The fraction of sp³-hybridized carbons (Fsp3) is 0.542. The van der Waals surface area contributed by atoms with Crippen molar-refractivity contribution in [2.45, 2.75) is 76.3 Å². The van der Waals surface area contributed by atoms with E-state index >= 15 is 0 Å². The fourth-order valence-corrected chi connectivity index (χ4v) is 7.93. The number of hydrogen-bond acceptors (Lipinski definition) is 5. The zero-order valence-electron chi connectivity index (χ0n) is 18.4. The number of aliphatic imine (C=N–C) groups is 1. The van der Waals surface area contributed by atoms with Crippen LogP contribution in [0, 0.1) is 7.14 Å². The largest absolute Gasteiger partial charge is 0.480 e. The summed E-state index contributed by atoms with van der Waals surface area (Å²) in [4.78, 5) is 32.2. The zero-order chi connectivity index (χ0) is 23.4. The second kappa shape index (κ2) is 11.7. The summed E-state index contributed by atoms with van der Waals surface area (Å²) in [5.74, 6) is -0.374. The predicted octanol–water partition coefficient (Wildman–Crippen LogP) is 6.30. The molecule has 178 valence electrons. The van der Waals surface area contributed by atoms with E-state index in [0.717, 1.165) is 43.6 Å². The van der Waals surface area contributed by atoms with Gasteiger partial charge in [-0.05, 0) is 106 Å². The Kier molecular flexibility index (Phi) is 8.99. The molecule has 1 aliphatic heterocycles. The van der Waals surface area contributed by atoms with E-state index in [4.69, 9.17) is 14.8 Å². The average Bonchev–Trinajstić information content (AvgIpc) is 3.08. The number of nitrogens with zero attached hydrogens (tertiary/aromatic N) is 2. The van der Waals surface area contributed by atoms with Gasteiger partial charge in [-0.2, -0.15) is 0 Å². The third-order valence-electron chi connectivity index (χ3n) is 6.30. The third kappa shape index (κ3) is 6.45. The van der Waals surface area contributed by atoms with Crippen LogP contribution in [0.4, 0.5) is 0 Å². The lowest BCUT2D eigenvalue weighted by molar-refractivity contribution is -0.139. The minimum atomic E-state index is -1.01. The Bertz CT molecular complexity index is 946. The highest BCUT2D eigenvalue weighted by Crippen LogP contribution is 2.39. The van der Waals surface area contributed by atoms with E-state index < -0.39 is 5.97 Å². The van der Waals surface area contributed by atoms with Crippen LogP contribution >= 0.6 is 56.9 Å². The van der Waals surface area contributed by atoms with E-state index in [0.29, 0.717) is 16.7 Å². The number of carbonyl (C=O) groups is 2. The molecule has 33 heavy (non-hydrogen) atoms. The molecule has 6 nitrogen and oxygen atoms in total. The highest BCUT2D eigenvalue weighted by molar-refractivity contribution is 14.1. The number of carbonyl (C=O) groups excluding carboxylic acids is 1. The predicted molar refractivity (Wildman–Crippen MR) is 149 cm³/mol.